The van der Waals surface area contributed by atoms with Gasteiger partial charge in [0.2, 0.25) is 0 Å². The van der Waals surface area contributed by atoms with Crippen LogP contribution in [0.25, 0.3) is 10.9 Å². The number of rotatable bonds is 3. The summed E-state index contributed by atoms with van der Waals surface area (Å²) in [4.78, 5) is 6.54. The molecule has 0 bridgehead atoms. The van der Waals surface area contributed by atoms with Gasteiger partial charge in [0, 0.05) is 19.0 Å². The highest BCUT2D eigenvalue weighted by molar-refractivity contribution is 5.80. The van der Waals surface area contributed by atoms with Gasteiger partial charge in [-0.1, -0.05) is 18.2 Å². The van der Waals surface area contributed by atoms with Crippen LogP contribution in [0.5, 0.6) is 0 Å². The molecule has 1 heterocycles. The Morgan fingerprint density at radius 1 is 1.18 bits per heavy atom. The van der Waals surface area contributed by atoms with Crippen LogP contribution in [0.3, 0.4) is 0 Å². The third-order valence-corrected chi connectivity index (χ3v) is 2.60. The minimum atomic E-state index is -0.720. The molecule has 90 valence electrons. The van der Waals surface area contributed by atoms with Crippen molar-refractivity contribution in [3.05, 3.63) is 36.4 Å². The van der Waals surface area contributed by atoms with E-state index in [1.807, 2.05) is 42.3 Å². The monoisotopic (exact) mass is 230 g/mol. The van der Waals surface area contributed by atoms with E-state index >= 15 is 0 Å². The Hall–Kier alpha value is -1.61. The quantitative estimate of drug-likeness (QED) is 0.879. The number of nitrogens with zero attached hydrogens (tertiary/aromatic N) is 2. The molecule has 0 radical (unpaired) electrons. The molecule has 0 aliphatic carbocycles. The van der Waals surface area contributed by atoms with Crippen LogP contribution < -0.4 is 4.90 Å². The molecule has 0 amide bonds. The molecule has 2 aromatic rings. The first-order chi connectivity index (χ1) is 7.96. The maximum atomic E-state index is 9.79. The number of para-hydroxylation sites is 1. The molecule has 0 aliphatic heterocycles. The van der Waals surface area contributed by atoms with Crippen molar-refractivity contribution in [3.63, 3.8) is 0 Å². The number of pyridine rings is 1. The first-order valence-corrected chi connectivity index (χ1v) is 5.75. The van der Waals surface area contributed by atoms with Crippen LogP contribution in [0.2, 0.25) is 0 Å². The molecule has 3 heteroatoms. The van der Waals surface area contributed by atoms with E-state index in [1.54, 1.807) is 13.8 Å². The predicted octanol–water partition coefficient (Wildman–Crippen LogP) is 2.44. The molecule has 0 aliphatic rings. The molecule has 2 rings (SSSR count). The van der Waals surface area contributed by atoms with Crippen molar-refractivity contribution in [1.82, 2.24) is 4.98 Å². The van der Waals surface area contributed by atoms with Crippen LogP contribution in [0.1, 0.15) is 13.8 Å². The lowest BCUT2D eigenvalue weighted by atomic mass is 10.1. The average molecular weight is 230 g/mol. The fourth-order valence-electron chi connectivity index (χ4n) is 1.93. The number of hydrogen-bond donors (Lipinski definition) is 1. The molecule has 17 heavy (non-hydrogen) atoms. The summed E-state index contributed by atoms with van der Waals surface area (Å²) in [6.07, 6.45) is 0. The largest absolute Gasteiger partial charge is 0.389 e. The lowest BCUT2D eigenvalue weighted by molar-refractivity contribution is 0.0885. The lowest BCUT2D eigenvalue weighted by Crippen LogP contribution is -2.36. The number of likely N-dealkylation sites (N-methyl/N-ethyl adjacent to an activating group) is 1. The molecule has 1 N–H and O–H groups in total. The van der Waals surface area contributed by atoms with Crippen LogP contribution in [0.15, 0.2) is 36.4 Å². The molecule has 0 spiro atoms. The van der Waals surface area contributed by atoms with Gasteiger partial charge >= 0.3 is 0 Å². The molecule has 1 aromatic heterocycles. The summed E-state index contributed by atoms with van der Waals surface area (Å²) < 4.78 is 0. The Morgan fingerprint density at radius 2 is 1.88 bits per heavy atom. The Kier molecular flexibility index (Phi) is 3.03. The molecular formula is C14H18N2O. The zero-order valence-electron chi connectivity index (χ0n) is 10.5. The van der Waals surface area contributed by atoms with Crippen molar-refractivity contribution in [1.29, 1.82) is 0 Å². The fraction of sp³-hybridized carbons (Fsp3) is 0.357. The third-order valence-electron chi connectivity index (χ3n) is 2.60. The fourth-order valence-corrected chi connectivity index (χ4v) is 1.93. The van der Waals surface area contributed by atoms with Gasteiger partial charge in [0.15, 0.2) is 0 Å². The highest BCUT2D eigenvalue weighted by Crippen LogP contribution is 2.18. The number of fused-ring (bicyclic) bond motifs is 1. The van der Waals surface area contributed by atoms with Gasteiger partial charge in [0.05, 0.1) is 11.1 Å². The summed E-state index contributed by atoms with van der Waals surface area (Å²) in [5.74, 6) is 0.880. The van der Waals surface area contributed by atoms with E-state index < -0.39 is 5.60 Å². The van der Waals surface area contributed by atoms with Gasteiger partial charge in [-0.3, -0.25) is 0 Å². The lowest BCUT2D eigenvalue weighted by Gasteiger charge is -2.26. The maximum absolute atomic E-state index is 9.79. The van der Waals surface area contributed by atoms with Gasteiger partial charge in [0.25, 0.3) is 0 Å². The molecule has 0 unspecified atom stereocenters. The number of aliphatic hydroxyl groups is 1. The molecule has 0 atom stereocenters. The Bertz CT molecular complexity index is 517. The van der Waals surface area contributed by atoms with Gasteiger partial charge in [-0.2, -0.15) is 0 Å². The zero-order chi connectivity index (χ0) is 12.5. The second-order valence-corrected chi connectivity index (χ2v) is 5.03. The minimum absolute atomic E-state index is 0.554. The van der Waals surface area contributed by atoms with E-state index in [0.717, 1.165) is 16.7 Å². The standard InChI is InChI=1S/C14H18N2O/c1-14(2,17)10-16(3)13-9-8-11-6-4-5-7-12(11)15-13/h4-9,17H,10H2,1-3H3. The smallest absolute Gasteiger partial charge is 0.129 e. The first-order valence-electron chi connectivity index (χ1n) is 5.75. The van der Waals surface area contributed by atoms with Crippen LogP contribution >= 0.6 is 0 Å². The SMILES string of the molecule is CN(CC(C)(C)O)c1ccc2ccccc2n1. The van der Waals surface area contributed by atoms with Gasteiger partial charge < -0.3 is 10.0 Å². The maximum Gasteiger partial charge on any atom is 0.129 e. The second-order valence-electron chi connectivity index (χ2n) is 5.03. The van der Waals surface area contributed by atoms with E-state index in [2.05, 4.69) is 11.1 Å². The Labute approximate surface area is 102 Å². The summed E-state index contributed by atoms with van der Waals surface area (Å²) in [5, 5.41) is 10.9. The predicted molar refractivity (Wildman–Crippen MR) is 71.3 cm³/mol. The van der Waals surface area contributed by atoms with Gasteiger partial charge in [-0.05, 0) is 32.0 Å². The minimum Gasteiger partial charge on any atom is -0.389 e. The van der Waals surface area contributed by atoms with Crippen molar-refractivity contribution >= 4 is 16.7 Å². The third kappa shape index (κ3) is 2.94. The molecule has 0 fully saturated rings. The van der Waals surface area contributed by atoms with Crippen molar-refractivity contribution in [2.45, 2.75) is 19.4 Å². The Morgan fingerprint density at radius 3 is 2.59 bits per heavy atom. The molecule has 0 saturated heterocycles. The van der Waals surface area contributed by atoms with Crippen molar-refractivity contribution in [3.8, 4) is 0 Å². The van der Waals surface area contributed by atoms with Crippen LogP contribution in [0, 0.1) is 0 Å². The van der Waals surface area contributed by atoms with E-state index in [0.29, 0.717) is 6.54 Å². The van der Waals surface area contributed by atoms with E-state index in [-0.39, 0.29) is 0 Å². The summed E-state index contributed by atoms with van der Waals surface area (Å²) >= 11 is 0. The number of benzene rings is 1. The van der Waals surface area contributed by atoms with Crippen molar-refractivity contribution in [2.24, 2.45) is 0 Å². The zero-order valence-corrected chi connectivity index (χ0v) is 10.5. The summed E-state index contributed by atoms with van der Waals surface area (Å²) in [5.41, 5.74) is 0.259. The van der Waals surface area contributed by atoms with Gasteiger partial charge in [-0.15, -0.1) is 0 Å². The number of hydrogen-bond acceptors (Lipinski definition) is 3. The average Bonchev–Trinajstić information content (AvgIpc) is 2.26. The summed E-state index contributed by atoms with van der Waals surface area (Å²) in [7, 11) is 1.94. The number of anilines is 1. The number of aromatic nitrogens is 1. The summed E-state index contributed by atoms with van der Waals surface area (Å²) in [6.45, 7) is 4.15. The van der Waals surface area contributed by atoms with Gasteiger partial charge in [-0.25, -0.2) is 4.98 Å². The van der Waals surface area contributed by atoms with Crippen LogP contribution in [0.4, 0.5) is 5.82 Å². The van der Waals surface area contributed by atoms with E-state index in [4.69, 9.17) is 0 Å². The highest BCUT2D eigenvalue weighted by atomic mass is 16.3. The molecular weight excluding hydrogens is 212 g/mol. The highest BCUT2D eigenvalue weighted by Gasteiger charge is 2.16. The summed E-state index contributed by atoms with van der Waals surface area (Å²) in [6, 6.07) is 12.1. The van der Waals surface area contributed by atoms with E-state index in [9.17, 15) is 5.11 Å². The van der Waals surface area contributed by atoms with Gasteiger partial charge in [0.1, 0.15) is 5.82 Å². The van der Waals surface area contributed by atoms with Crippen molar-refractivity contribution in [2.75, 3.05) is 18.5 Å². The normalized spacial score (nSPS) is 11.8. The van der Waals surface area contributed by atoms with Crippen molar-refractivity contribution < 1.29 is 5.11 Å². The molecule has 3 nitrogen and oxygen atoms in total. The Balaban J connectivity index is 2.30. The topological polar surface area (TPSA) is 36.4 Å². The first kappa shape index (κ1) is 11.9. The van der Waals surface area contributed by atoms with Crippen LogP contribution in [-0.4, -0.2) is 29.3 Å². The van der Waals surface area contributed by atoms with Crippen LogP contribution in [-0.2, 0) is 0 Å². The molecule has 1 aromatic carbocycles. The molecule has 0 saturated carbocycles. The second kappa shape index (κ2) is 4.34. The van der Waals surface area contributed by atoms with E-state index in [1.165, 1.54) is 0 Å².